The van der Waals surface area contributed by atoms with Gasteiger partial charge in [-0.15, -0.1) is 11.6 Å². The Kier molecular flexibility index (Phi) is 24.6. The highest BCUT2D eigenvalue weighted by molar-refractivity contribution is 6.18. The molecule has 0 aromatic carbocycles. The number of aliphatic hydroxyl groups is 3. The van der Waals surface area contributed by atoms with Gasteiger partial charge in [-0.25, -0.2) is 28.8 Å². The van der Waals surface area contributed by atoms with Gasteiger partial charge in [-0.3, -0.25) is 4.79 Å². The summed E-state index contributed by atoms with van der Waals surface area (Å²) in [4.78, 5) is 93.6. The lowest BCUT2D eigenvalue weighted by Crippen LogP contribution is -2.72. The zero-order valence-electron chi connectivity index (χ0n) is 49.7. The van der Waals surface area contributed by atoms with Crippen LogP contribution in [0.25, 0.3) is 0 Å². The summed E-state index contributed by atoms with van der Waals surface area (Å²) in [7, 11) is 0. The Morgan fingerprint density at radius 3 is 1.36 bits per heavy atom. The first-order valence-electron chi connectivity index (χ1n) is 26.9. The highest BCUT2D eigenvalue weighted by atomic mass is 35.5. The van der Waals surface area contributed by atoms with E-state index in [0.29, 0.717) is 0 Å². The molecule has 3 fully saturated rings. The maximum absolute atomic E-state index is 14.1. The molecule has 2 aliphatic heterocycles. The fourth-order valence-electron chi connectivity index (χ4n) is 8.30. The molecule has 10 N–H and O–H groups in total. The largest absolute Gasteiger partial charge is 0.444 e. The highest BCUT2D eigenvalue weighted by Crippen LogP contribution is 2.34. The molecule has 0 unspecified atom stereocenters. The standard InChI is InChI=1S/C52H92ClN7O20/c1-47(2,3)75-41(65)54-22-21-30(61)38(64)56-28-23-29(58-44(68)78-50(10,11)12)37(73-39-27(57-43(67)77-49(7,8)9)20-19-26(71-39)25-55-42(66)76-48(4,5)6)35(63)36(28)74-40-33(60-46(70)80-52(16,17)18)32(34(62)31(24-53)72-40)59-45(69)79-51(13,14)15/h26-37,39-40,61-63H,19-25H2,1-18H3,(H,54,65)(H,55,66)(H,56,64)(H,57,67)(H,58,68)(H,59,69)(H,60,70)/t26-,27+,28+,29-,30-,31+,32+,33+,34+,35+,36-,37+,39+,40+/m0/s1. The van der Waals surface area contributed by atoms with Gasteiger partial charge in [0, 0.05) is 13.1 Å². The number of halogens is 1. The molecule has 0 radical (unpaired) electrons. The second-order valence-corrected chi connectivity index (χ2v) is 26.2. The number of hydrogen-bond donors (Lipinski definition) is 10. The first-order valence-corrected chi connectivity index (χ1v) is 27.4. The number of aliphatic hydroxyl groups excluding tert-OH is 3. The van der Waals surface area contributed by atoms with Crippen molar-refractivity contribution in [1.29, 1.82) is 0 Å². The summed E-state index contributed by atoms with van der Waals surface area (Å²) in [5, 5.41) is 54.4. The van der Waals surface area contributed by atoms with Gasteiger partial charge >= 0.3 is 36.6 Å². The van der Waals surface area contributed by atoms with Crippen LogP contribution in [-0.2, 0) is 52.2 Å². The number of alkyl carbamates (subject to hydrolysis) is 6. The maximum Gasteiger partial charge on any atom is 0.408 e. The van der Waals surface area contributed by atoms with E-state index in [1.807, 2.05) is 0 Å². The second-order valence-electron chi connectivity index (χ2n) is 25.9. The molecule has 27 nitrogen and oxygen atoms in total. The Morgan fingerprint density at radius 1 is 0.500 bits per heavy atom. The third-order valence-electron chi connectivity index (χ3n) is 11.3. The van der Waals surface area contributed by atoms with Crippen LogP contribution in [0, 0.1) is 0 Å². The van der Waals surface area contributed by atoms with Crippen molar-refractivity contribution < 1.29 is 96.2 Å². The van der Waals surface area contributed by atoms with E-state index >= 15 is 0 Å². The number of amides is 7. The number of carbonyl (C=O) groups excluding carboxylic acids is 7. The number of carbonyl (C=O) groups is 7. The maximum atomic E-state index is 14.1. The van der Waals surface area contributed by atoms with Crippen molar-refractivity contribution >= 4 is 54.1 Å². The Hall–Kier alpha value is -4.90. The lowest BCUT2D eigenvalue weighted by atomic mass is 9.82. The third-order valence-corrected chi connectivity index (χ3v) is 11.6. The van der Waals surface area contributed by atoms with E-state index < -0.39 is 174 Å². The van der Waals surface area contributed by atoms with E-state index in [9.17, 15) is 48.9 Å². The van der Waals surface area contributed by atoms with Crippen LogP contribution in [0.5, 0.6) is 0 Å². The minimum atomic E-state index is -2.02. The molecule has 80 heavy (non-hydrogen) atoms. The molecule has 462 valence electrons. The zero-order chi connectivity index (χ0) is 61.1. The fourth-order valence-corrected chi connectivity index (χ4v) is 8.55. The molecule has 7 amide bonds. The van der Waals surface area contributed by atoms with Crippen molar-refractivity contribution in [3.8, 4) is 0 Å². The third kappa shape index (κ3) is 25.1. The molecular weight excluding hydrogens is 1080 g/mol. The van der Waals surface area contributed by atoms with E-state index in [1.54, 1.807) is 125 Å². The Morgan fingerprint density at radius 2 is 0.900 bits per heavy atom. The van der Waals surface area contributed by atoms with Crippen LogP contribution in [-0.4, -0.2) is 196 Å². The van der Waals surface area contributed by atoms with Crippen LogP contribution in [0.3, 0.4) is 0 Å². The molecule has 2 saturated heterocycles. The SMILES string of the molecule is CC(C)(C)OC(=O)NCC[C@H](O)C(=O)N[C@@H]1C[C@H](NC(=O)OC(C)(C)C)[C@@H](O[C@H]2O[C@H](CNC(=O)OC(C)(C)C)CC[C@H]2NC(=O)OC(C)(C)C)[C@H](O)[C@H]1O[C@H]1O[C@H](CCl)[C@@H](O)[C@H](NC(=O)OC(C)(C)C)[C@H]1NC(=O)OC(C)(C)C. The smallest absolute Gasteiger partial charge is 0.408 e. The van der Waals surface area contributed by atoms with E-state index in [4.69, 9.17) is 59.0 Å². The monoisotopic (exact) mass is 1170 g/mol. The molecule has 0 spiro atoms. The predicted molar refractivity (Wildman–Crippen MR) is 287 cm³/mol. The van der Waals surface area contributed by atoms with Gasteiger partial charge in [0.05, 0.1) is 36.2 Å². The molecule has 28 heteroatoms. The molecule has 0 aromatic rings. The van der Waals surface area contributed by atoms with Crippen molar-refractivity contribution in [1.82, 2.24) is 37.2 Å². The normalized spacial score (nSPS) is 28.1. The lowest BCUT2D eigenvalue weighted by molar-refractivity contribution is -0.295. The van der Waals surface area contributed by atoms with Crippen LogP contribution >= 0.6 is 11.6 Å². The molecule has 14 atom stereocenters. The van der Waals surface area contributed by atoms with Crippen LogP contribution in [0.15, 0.2) is 0 Å². The van der Waals surface area contributed by atoms with Crippen molar-refractivity contribution in [3.63, 3.8) is 0 Å². The van der Waals surface area contributed by atoms with Crippen molar-refractivity contribution in [2.24, 2.45) is 0 Å². The van der Waals surface area contributed by atoms with Crippen LogP contribution in [0.1, 0.15) is 150 Å². The molecular formula is C52H92ClN7O20. The first-order chi connectivity index (χ1) is 36.4. The van der Waals surface area contributed by atoms with E-state index in [-0.39, 0.29) is 32.4 Å². The van der Waals surface area contributed by atoms with Gasteiger partial charge in [-0.1, -0.05) is 0 Å². The van der Waals surface area contributed by atoms with Gasteiger partial charge in [0.1, 0.15) is 76.3 Å². The molecule has 0 aromatic heterocycles. The number of hydrogen-bond acceptors (Lipinski definition) is 20. The summed E-state index contributed by atoms with van der Waals surface area (Å²) in [5.41, 5.74) is -5.81. The Balaban J connectivity index is 2.26. The zero-order valence-corrected chi connectivity index (χ0v) is 50.4. The summed E-state index contributed by atoms with van der Waals surface area (Å²) in [6.45, 7) is 29.1. The van der Waals surface area contributed by atoms with E-state index in [0.717, 1.165) is 0 Å². The van der Waals surface area contributed by atoms with Gasteiger partial charge in [0.15, 0.2) is 12.6 Å². The van der Waals surface area contributed by atoms with Crippen LogP contribution in [0.4, 0.5) is 28.8 Å². The quantitative estimate of drug-likeness (QED) is 0.0764. The minimum absolute atomic E-state index is 0.104. The average Bonchev–Trinajstić information content (AvgIpc) is 3.24. The number of nitrogens with one attached hydrogen (secondary N) is 7. The van der Waals surface area contributed by atoms with Crippen molar-refractivity contribution in [3.05, 3.63) is 0 Å². The Bertz CT molecular complexity index is 2080. The second kappa shape index (κ2) is 28.4. The van der Waals surface area contributed by atoms with Crippen molar-refractivity contribution in [2.45, 2.75) is 269 Å². The minimum Gasteiger partial charge on any atom is -0.444 e. The summed E-state index contributed by atoms with van der Waals surface area (Å²) in [5.74, 6) is -1.46. The number of alkyl halides is 1. The summed E-state index contributed by atoms with van der Waals surface area (Å²) >= 11 is 6.38. The molecule has 2 heterocycles. The molecule has 0 bridgehead atoms. The molecule has 1 saturated carbocycles. The van der Waals surface area contributed by atoms with Gasteiger partial charge in [0.2, 0.25) is 5.91 Å². The van der Waals surface area contributed by atoms with Gasteiger partial charge in [0.25, 0.3) is 0 Å². The number of rotatable bonds is 16. The highest BCUT2D eigenvalue weighted by Gasteiger charge is 2.54. The van der Waals surface area contributed by atoms with E-state index in [2.05, 4.69) is 37.2 Å². The Labute approximate surface area is 474 Å². The topological polar surface area (TPSA) is 357 Å². The van der Waals surface area contributed by atoms with Crippen LogP contribution in [0.2, 0.25) is 0 Å². The molecule has 1 aliphatic carbocycles. The van der Waals surface area contributed by atoms with Gasteiger partial charge in [-0.2, -0.15) is 0 Å². The lowest BCUT2D eigenvalue weighted by Gasteiger charge is -2.50. The summed E-state index contributed by atoms with van der Waals surface area (Å²) < 4.78 is 59.0. The van der Waals surface area contributed by atoms with Crippen LogP contribution < -0.4 is 37.2 Å². The van der Waals surface area contributed by atoms with E-state index in [1.165, 1.54) is 0 Å². The predicted octanol–water partition coefficient (Wildman–Crippen LogP) is 4.21. The summed E-state index contributed by atoms with van der Waals surface area (Å²) in [6, 6.07) is -6.97. The van der Waals surface area contributed by atoms with Crippen molar-refractivity contribution in [2.75, 3.05) is 19.0 Å². The number of ether oxygens (including phenoxy) is 10. The van der Waals surface area contributed by atoms with Gasteiger partial charge in [-0.05, 0) is 150 Å². The fraction of sp³-hybridized carbons (Fsp3) is 0.865. The summed E-state index contributed by atoms with van der Waals surface area (Å²) in [6.07, 6.45) is -20.2. The van der Waals surface area contributed by atoms with Gasteiger partial charge < -0.3 is 99.9 Å². The molecule has 3 aliphatic rings. The molecule has 3 rings (SSSR count). The first kappa shape index (κ1) is 69.4. The average molecular weight is 1170 g/mol.